The molecule has 1 aromatic heterocycles. The molecule has 0 unspecified atom stereocenters. The number of hydrogen-bond donors (Lipinski definition) is 2. The third-order valence-electron chi connectivity index (χ3n) is 2.94. The Hall–Kier alpha value is -2.18. The molecule has 5 nitrogen and oxygen atoms in total. The van der Waals surface area contributed by atoms with Gasteiger partial charge in [-0.2, -0.15) is 0 Å². The predicted octanol–water partition coefficient (Wildman–Crippen LogP) is 3.79. The van der Waals surface area contributed by atoms with E-state index in [0.29, 0.717) is 5.56 Å². The third-order valence-corrected chi connectivity index (χ3v) is 3.50. The lowest BCUT2D eigenvalue weighted by molar-refractivity contribution is 0.0695. The lowest BCUT2D eigenvalue weighted by Crippen LogP contribution is -2.15. The molecule has 0 bridgehead atoms. The van der Waals surface area contributed by atoms with Crippen molar-refractivity contribution >= 4 is 40.8 Å². The number of amides is 1. The smallest absolute Gasteiger partial charge is 0.336 e. The molecule has 0 aliphatic heterocycles. The fraction of sp³-hybridized carbons (Fsp3) is 0.0714. The van der Waals surface area contributed by atoms with Crippen LogP contribution < -0.4 is 5.32 Å². The fourth-order valence-electron chi connectivity index (χ4n) is 1.80. The Morgan fingerprint density at radius 1 is 1.23 bits per heavy atom. The molecule has 0 spiro atoms. The largest absolute Gasteiger partial charge is 0.478 e. The molecule has 0 aliphatic rings. The van der Waals surface area contributed by atoms with Crippen LogP contribution in [-0.2, 0) is 0 Å². The summed E-state index contributed by atoms with van der Waals surface area (Å²) in [6.45, 7) is 1.54. The van der Waals surface area contributed by atoms with Crippen LogP contribution in [0.4, 0.5) is 10.1 Å². The normalized spacial score (nSPS) is 10.4. The Morgan fingerprint density at radius 3 is 2.55 bits per heavy atom. The summed E-state index contributed by atoms with van der Waals surface area (Å²) in [5, 5.41) is 10.8. The third kappa shape index (κ3) is 3.18. The van der Waals surface area contributed by atoms with E-state index in [1.54, 1.807) is 6.92 Å². The zero-order valence-corrected chi connectivity index (χ0v) is 12.7. The molecule has 0 atom stereocenters. The summed E-state index contributed by atoms with van der Waals surface area (Å²) in [7, 11) is 0. The summed E-state index contributed by atoms with van der Waals surface area (Å²) in [4.78, 5) is 26.7. The summed E-state index contributed by atoms with van der Waals surface area (Å²) in [5.41, 5.74) is 0.478. The Labute approximate surface area is 134 Å². The molecule has 0 radical (unpaired) electrons. The van der Waals surface area contributed by atoms with Crippen molar-refractivity contribution in [2.24, 2.45) is 0 Å². The second-order valence-corrected chi connectivity index (χ2v) is 5.05. The minimum atomic E-state index is -1.12. The number of rotatable bonds is 3. The Balaban J connectivity index is 2.36. The van der Waals surface area contributed by atoms with E-state index in [1.807, 2.05) is 0 Å². The van der Waals surface area contributed by atoms with E-state index in [1.165, 1.54) is 18.2 Å². The maximum absolute atomic E-state index is 13.4. The maximum Gasteiger partial charge on any atom is 0.336 e. The number of carboxylic acids is 1. The molecule has 0 aliphatic carbocycles. The van der Waals surface area contributed by atoms with E-state index < -0.39 is 22.8 Å². The summed E-state index contributed by atoms with van der Waals surface area (Å²) in [5.74, 6) is -2.73. The van der Waals surface area contributed by atoms with Gasteiger partial charge in [0.1, 0.15) is 5.15 Å². The van der Waals surface area contributed by atoms with Crippen LogP contribution in [0, 0.1) is 12.7 Å². The summed E-state index contributed by atoms with van der Waals surface area (Å²) < 4.78 is 13.4. The second kappa shape index (κ2) is 6.29. The maximum atomic E-state index is 13.4. The van der Waals surface area contributed by atoms with E-state index in [4.69, 9.17) is 28.3 Å². The van der Waals surface area contributed by atoms with Crippen LogP contribution in [-0.4, -0.2) is 22.0 Å². The highest BCUT2D eigenvalue weighted by atomic mass is 35.5. The van der Waals surface area contributed by atoms with Gasteiger partial charge in [0.05, 0.1) is 11.1 Å². The van der Waals surface area contributed by atoms with Gasteiger partial charge < -0.3 is 10.4 Å². The number of carbonyl (C=O) groups excluding carboxylic acids is 1. The van der Waals surface area contributed by atoms with E-state index in [2.05, 4.69) is 10.3 Å². The highest BCUT2D eigenvalue weighted by Gasteiger charge is 2.18. The minimum absolute atomic E-state index is 0.0457. The first-order valence-electron chi connectivity index (χ1n) is 5.97. The van der Waals surface area contributed by atoms with Crippen molar-refractivity contribution < 1.29 is 19.1 Å². The van der Waals surface area contributed by atoms with Gasteiger partial charge in [-0.3, -0.25) is 4.79 Å². The highest BCUT2D eigenvalue weighted by Crippen LogP contribution is 2.23. The van der Waals surface area contributed by atoms with E-state index in [-0.39, 0.29) is 22.0 Å². The molecule has 1 heterocycles. The molecule has 114 valence electrons. The van der Waals surface area contributed by atoms with Gasteiger partial charge in [-0.15, -0.1) is 0 Å². The fourth-order valence-corrected chi connectivity index (χ4v) is 2.20. The standard InChI is InChI=1S/C14H9Cl2FN2O3/c1-6-7(14(21)22)3-2-4-10(6)18-13(20)8-5-9(17)12(16)19-11(8)15/h2-5H,1H3,(H,18,20)(H,21,22). The van der Waals surface area contributed by atoms with Crippen LogP contribution >= 0.6 is 23.2 Å². The molecule has 8 heteroatoms. The number of halogens is 3. The summed E-state index contributed by atoms with van der Waals surface area (Å²) in [6, 6.07) is 5.27. The zero-order valence-electron chi connectivity index (χ0n) is 11.2. The van der Waals surface area contributed by atoms with Gasteiger partial charge in [0.15, 0.2) is 11.0 Å². The van der Waals surface area contributed by atoms with Gasteiger partial charge in [-0.1, -0.05) is 29.3 Å². The topological polar surface area (TPSA) is 79.3 Å². The van der Waals surface area contributed by atoms with Crippen molar-refractivity contribution in [3.05, 3.63) is 57.1 Å². The molecule has 2 rings (SSSR count). The van der Waals surface area contributed by atoms with Crippen molar-refractivity contribution in [2.75, 3.05) is 5.32 Å². The quantitative estimate of drug-likeness (QED) is 0.831. The van der Waals surface area contributed by atoms with Crippen LogP contribution in [0.5, 0.6) is 0 Å². The average Bonchev–Trinajstić information content (AvgIpc) is 2.44. The zero-order chi connectivity index (χ0) is 16.4. The number of nitrogens with one attached hydrogen (secondary N) is 1. The summed E-state index contributed by atoms with van der Waals surface area (Å²) >= 11 is 11.2. The minimum Gasteiger partial charge on any atom is -0.478 e. The number of aromatic nitrogens is 1. The molecular formula is C14H9Cl2FN2O3. The van der Waals surface area contributed by atoms with Gasteiger partial charge in [-0.25, -0.2) is 14.2 Å². The first-order chi connectivity index (χ1) is 10.3. The van der Waals surface area contributed by atoms with Gasteiger partial charge in [-0.05, 0) is 30.7 Å². The average molecular weight is 343 g/mol. The van der Waals surface area contributed by atoms with Crippen LogP contribution in [0.25, 0.3) is 0 Å². The van der Waals surface area contributed by atoms with Gasteiger partial charge in [0.2, 0.25) is 0 Å². The molecule has 0 saturated carbocycles. The van der Waals surface area contributed by atoms with Crippen molar-refractivity contribution in [1.82, 2.24) is 4.98 Å². The number of nitrogens with zero attached hydrogens (tertiary/aromatic N) is 1. The number of anilines is 1. The molecule has 2 N–H and O–H groups in total. The molecule has 1 aromatic carbocycles. The SMILES string of the molecule is Cc1c(NC(=O)c2cc(F)c(Cl)nc2Cl)cccc1C(=O)O. The molecule has 0 saturated heterocycles. The van der Waals surface area contributed by atoms with E-state index in [0.717, 1.165) is 6.07 Å². The number of benzene rings is 1. The monoisotopic (exact) mass is 342 g/mol. The predicted molar refractivity (Wildman–Crippen MR) is 80.3 cm³/mol. The van der Waals surface area contributed by atoms with Crippen molar-refractivity contribution in [3.63, 3.8) is 0 Å². The number of carboxylic acid groups (broad SMARTS) is 1. The lowest BCUT2D eigenvalue weighted by atomic mass is 10.1. The van der Waals surface area contributed by atoms with Gasteiger partial charge in [0, 0.05) is 5.69 Å². The van der Waals surface area contributed by atoms with E-state index >= 15 is 0 Å². The van der Waals surface area contributed by atoms with Crippen molar-refractivity contribution in [2.45, 2.75) is 6.92 Å². The first kappa shape index (κ1) is 16.2. The van der Waals surface area contributed by atoms with Crippen LogP contribution in [0.1, 0.15) is 26.3 Å². The highest BCUT2D eigenvalue weighted by molar-refractivity contribution is 6.35. The van der Waals surface area contributed by atoms with E-state index in [9.17, 15) is 14.0 Å². The Kier molecular flexibility index (Phi) is 4.63. The molecular weight excluding hydrogens is 334 g/mol. The number of aromatic carboxylic acids is 1. The number of pyridine rings is 1. The molecule has 2 aromatic rings. The summed E-state index contributed by atoms with van der Waals surface area (Å²) in [6.07, 6.45) is 0. The molecule has 0 fully saturated rings. The molecule has 1 amide bonds. The molecule has 22 heavy (non-hydrogen) atoms. The Bertz CT molecular complexity index is 781. The van der Waals surface area contributed by atoms with Gasteiger partial charge >= 0.3 is 5.97 Å². The number of carbonyl (C=O) groups is 2. The van der Waals surface area contributed by atoms with Crippen molar-refractivity contribution in [3.8, 4) is 0 Å². The van der Waals surface area contributed by atoms with Crippen LogP contribution in [0.15, 0.2) is 24.3 Å². The first-order valence-corrected chi connectivity index (χ1v) is 6.72. The lowest BCUT2D eigenvalue weighted by Gasteiger charge is -2.11. The van der Waals surface area contributed by atoms with Crippen molar-refractivity contribution in [1.29, 1.82) is 0 Å². The second-order valence-electron chi connectivity index (χ2n) is 4.34. The number of hydrogen-bond acceptors (Lipinski definition) is 3. The van der Waals surface area contributed by atoms with Gasteiger partial charge in [0.25, 0.3) is 5.91 Å². The Morgan fingerprint density at radius 2 is 1.91 bits per heavy atom. The van der Waals surface area contributed by atoms with Crippen LogP contribution in [0.2, 0.25) is 10.3 Å². The van der Waals surface area contributed by atoms with Crippen LogP contribution in [0.3, 0.4) is 0 Å².